The number of aliphatic hydroxyl groups is 1. The van der Waals surface area contributed by atoms with Crippen molar-refractivity contribution in [2.24, 2.45) is 0 Å². The summed E-state index contributed by atoms with van der Waals surface area (Å²) in [5.41, 5.74) is 1.77. The topological polar surface area (TPSA) is 58.9 Å². The standard InChI is InChI=1S/C12H15N3OS/c1-8(2)11-12(17-15-14-11)10(16)7-9-5-3-4-6-13-9/h3-6,8,10,16H,7H2,1-2H3. The average molecular weight is 249 g/mol. The van der Waals surface area contributed by atoms with Crippen LogP contribution in [0.2, 0.25) is 0 Å². The quantitative estimate of drug-likeness (QED) is 0.903. The Bertz CT molecular complexity index is 470. The minimum atomic E-state index is -0.567. The number of rotatable bonds is 4. The van der Waals surface area contributed by atoms with Crippen LogP contribution in [-0.4, -0.2) is 19.7 Å². The highest BCUT2D eigenvalue weighted by molar-refractivity contribution is 7.05. The maximum atomic E-state index is 10.2. The van der Waals surface area contributed by atoms with Crippen molar-refractivity contribution in [3.8, 4) is 0 Å². The van der Waals surface area contributed by atoms with E-state index in [4.69, 9.17) is 0 Å². The summed E-state index contributed by atoms with van der Waals surface area (Å²) in [6.45, 7) is 4.10. The molecule has 5 heteroatoms. The summed E-state index contributed by atoms with van der Waals surface area (Å²) in [4.78, 5) is 5.06. The first-order chi connectivity index (χ1) is 8.18. The fraction of sp³-hybridized carbons (Fsp3) is 0.417. The van der Waals surface area contributed by atoms with E-state index in [1.54, 1.807) is 6.20 Å². The number of aliphatic hydroxyl groups excluding tert-OH is 1. The lowest BCUT2D eigenvalue weighted by Crippen LogP contribution is -2.05. The van der Waals surface area contributed by atoms with Gasteiger partial charge in [-0.3, -0.25) is 4.98 Å². The van der Waals surface area contributed by atoms with Gasteiger partial charge in [0, 0.05) is 18.3 Å². The van der Waals surface area contributed by atoms with Gasteiger partial charge in [-0.05, 0) is 29.6 Å². The van der Waals surface area contributed by atoms with Gasteiger partial charge < -0.3 is 5.11 Å². The van der Waals surface area contributed by atoms with Crippen molar-refractivity contribution in [1.82, 2.24) is 14.6 Å². The molecule has 0 aliphatic carbocycles. The van der Waals surface area contributed by atoms with Crippen molar-refractivity contribution in [2.45, 2.75) is 32.3 Å². The van der Waals surface area contributed by atoms with E-state index in [1.807, 2.05) is 32.0 Å². The smallest absolute Gasteiger partial charge is 0.0972 e. The molecule has 17 heavy (non-hydrogen) atoms. The number of pyridine rings is 1. The number of hydrogen-bond donors (Lipinski definition) is 1. The Labute approximate surface area is 105 Å². The Morgan fingerprint density at radius 3 is 2.82 bits per heavy atom. The maximum Gasteiger partial charge on any atom is 0.0972 e. The summed E-state index contributed by atoms with van der Waals surface area (Å²) in [6, 6.07) is 5.69. The zero-order chi connectivity index (χ0) is 12.3. The maximum absolute atomic E-state index is 10.2. The molecule has 0 saturated carbocycles. The van der Waals surface area contributed by atoms with Crippen LogP contribution >= 0.6 is 11.5 Å². The highest BCUT2D eigenvalue weighted by Gasteiger charge is 2.19. The first kappa shape index (κ1) is 12.1. The van der Waals surface area contributed by atoms with Gasteiger partial charge >= 0.3 is 0 Å². The van der Waals surface area contributed by atoms with Crippen LogP contribution in [0.5, 0.6) is 0 Å². The second-order valence-corrected chi connectivity index (χ2v) is 5.00. The molecule has 2 aromatic heterocycles. The van der Waals surface area contributed by atoms with Crippen molar-refractivity contribution in [1.29, 1.82) is 0 Å². The van der Waals surface area contributed by atoms with E-state index < -0.39 is 6.10 Å². The molecule has 90 valence electrons. The molecular weight excluding hydrogens is 234 g/mol. The molecule has 0 bridgehead atoms. The number of hydrogen-bond acceptors (Lipinski definition) is 5. The summed E-state index contributed by atoms with van der Waals surface area (Å²) in [5.74, 6) is 0.280. The van der Waals surface area contributed by atoms with Crippen molar-refractivity contribution >= 4 is 11.5 Å². The molecule has 1 unspecified atom stereocenters. The van der Waals surface area contributed by atoms with Crippen LogP contribution in [0, 0.1) is 0 Å². The SMILES string of the molecule is CC(C)c1nnsc1C(O)Cc1ccccn1. The lowest BCUT2D eigenvalue weighted by atomic mass is 10.0. The third kappa shape index (κ3) is 2.87. The third-order valence-corrected chi connectivity index (χ3v) is 3.36. The minimum absolute atomic E-state index is 0.280. The molecule has 2 aromatic rings. The van der Waals surface area contributed by atoms with E-state index >= 15 is 0 Å². The molecule has 4 nitrogen and oxygen atoms in total. The van der Waals surface area contributed by atoms with Gasteiger partial charge in [0.25, 0.3) is 0 Å². The van der Waals surface area contributed by atoms with Gasteiger partial charge in [-0.15, -0.1) is 5.10 Å². The average Bonchev–Trinajstić information content (AvgIpc) is 2.79. The van der Waals surface area contributed by atoms with Gasteiger partial charge in [0.05, 0.1) is 16.7 Å². The normalized spacial score (nSPS) is 12.9. The molecular formula is C12H15N3OS. The van der Waals surface area contributed by atoms with Crippen molar-refractivity contribution in [3.63, 3.8) is 0 Å². The zero-order valence-corrected chi connectivity index (χ0v) is 10.7. The molecule has 0 aromatic carbocycles. The van der Waals surface area contributed by atoms with Crippen molar-refractivity contribution < 1.29 is 5.11 Å². The second kappa shape index (κ2) is 5.33. The predicted octanol–water partition coefficient (Wildman–Crippen LogP) is 2.33. The third-order valence-electron chi connectivity index (χ3n) is 2.52. The van der Waals surface area contributed by atoms with E-state index in [9.17, 15) is 5.11 Å². The highest BCUT2D eigenvalue weighted by atomic mass is 32.1. The molecule has 0 fully saturated rings. The summed E-state index contributed by atoms with van der Waals surface area (Å²) < 4.78 is 3.92. The first-order valence-corrected chi connectivity index (χ1v) is 6.36. The first-order valence-electron chi connectivity index (χ1n) is 5.58. The molecule has 0 radical (unpaired) electrons. The molecule has 0 spiro atoms. The van der Waals surface area contributed by atoms with Gasteiger partial charge in [-0.2, -0.15) is 0 Å². The molecule has 2 heterocycles. The van der Waals surface area contributed by atoms with E-state index in [-0.39, 0.29) is 5.92 Å². The Kier molecular flexibility index (Phi) is 3.81. The molecule has 1 atom stereocenters. The summed E-state index contributed by atoms with van der Waals surface area (Å²) in [6.07, 6.45) is 1.67. The van der Waals surface area contributed by atoms with Gasteiger partial charge in [-0.1, -0.05) is 24.4 Å². The Morgan fingerprint density at radius 2 is 2.18 bits per heavy atom. The van der Waals surface area contributed by atoms with E-state index in [1.165, 1.54) is 11.5 Å². The van der Waals surface area contributed by atoms with Crippen LogP contribution in [0.3, 0.4) is 0 Å². The Hall–Kier alpha value is -1.33. The largest absolute Gasteiger partial charge is 0.387 e. The van der Waals surface area contributed by atoms with E-state index in [0.717, 1.165) is 16.3 Å². The van der Waals surface area contributed by atoms with Gasteiger partial charge in [-0.25, -0.2) is 0 Å². The van der Waals surface area contributed by atoms with E-state index in [0.29, 0.717) is 6.42 Å². The summed E-state index contributed by atoms with van der Waals surface area (Å²) in [7, 11) is 0. The molecule has 2 rings (SSSR count). The fourth-order valence-electron chi connectivity index (χ4n) is 1.65. The minimum Gasteiger partial charge on any atom is -0.387 e. The van der Waals surface area contributed by atoms with Crippen molar-refractivity contribution in [3.05, 3.63) is 40.7 Å². The molecule has 0 saturated heterocycles. The van der Waals surface area contributed by atoms with Crippen LogP contribution in [0.25, 0.3) is 0 Å². The summed E-state index contributed by atoms with van der Waals surface area (Å²) >= 11 is 1.27. The number of aromatic nitrogens is 3. The molecule has 1 N–H and O–H groups in total. The predicted molar refractivity (Wildman–Crippen MR) is 66.9 cm³/mol. The number of nitrogens with zero attached hydrogens (tertiary/aromatic N) is 3. The van der Waals surface area contributed by atoms with Gasteiger partial charge in [0.1, 0.15) is 0 Å². The van der Waals surface area contributed by atoms with Gasteiger partial charge in [0.2, 0.25) is 0 Å². The second-order valence-electron chi connectivity index (χ2n) is 4.22. The van der Waals surface area contributed by atoms with Gasteiger partial charge in [0.15, 0.2) is 0 Å². The Morgan fingerprint density at radius 1 is 1.35 bits per heavy atom. The highest BCUT2D eigenvalue weighted by Crippen LogP contribution is 2.27. The monoisotopic (exact) mass is 249 g/mol. The van der Waals surface area contributed by atoms with Crippen LogP contribution < -0.4 is 0 Å². The Balaban J connectivity index is 2.15. The van der Waals surface area contributed by atoms with E-state index in [2.05, 4.69) is 14.6 Å². The lowest BCUT2D eigenvalue weighted by molar-refractivity contribution is 0.179. The fourth-order valence-corrected chi connectivity index (χ4v) is 2.44. The zero-order valence-electron chi connectivity index (χ0n) is 9.87. The van der Waals surface area contributed by atoms with Crippen LogP contribution in [0.4, 0.5) is 0 Å². The van der Waals surface area contributed by atoms with Crippen LogP contribution in [0.1, 0.15) is 42.1 Å². The summed E-state index contributed by atoms with van der Waals surface area (Å²) in [5, 5.41) is 14.2. The molecule has 0 aliphatic heterocycles. The lowest BCUT2D eigenvalue weighted by Gasteiger charge is -2.10. The van der Waals surface area contributed by atoms with Crippen LogP contribution in [0.15, 0.2) is 24.4 Å². The van der Waals surface area contributed by atoms with Crippen LogP contribution in [-0.2, 0) is 6.42 Å². The van der Waals surface area contributed by atoms with Crippen molar-refractivity contribution in [2.75, 3.05) is 0 Å². The molecule has 0 amide bonds. The molecule has 0 aliphatic rings.